The maximum Gasteiger partial charge on any atom is 0.123 e. The maximum absolute atomic E-state index is 13.3. The van der Waals surface area contributed by atoms with Crippen molar-refractivity contribution < 1.29 is 4.39 Å². The highest BCUT2D eigenvalue weighted by atomic mass is 79.9. The Kier molecular flexibility index (Phi) is 4.57. The Morgan fingerprint density at radius 1 is 1.11 bits per heavy atom. The second-order valence-corrected chi connectivity index (χ2v) is 6.28. The summed E-state index contributed by atoms with van der Waals surface area (Å²) in [6.45, 7) is 2.07. The van der Waals surface area contributed by atoms with Crippen LogP contribution in [-0.4, -0.2) is 0 Å². The predicted molar refractivity (Wildman–Crippen MR) is 80.7 cm³/mol. The third-order valence-corrected chi connectivity index (χ3v) is 4.37. The summed E-state index contributed by atoms with van der Waals surface area (Å²) < 4.78 is 14.2. The first kappa shape index (κ1) is 13.8. The summed E-state index contributed by atoms with van der Waals surface area (Å²) in [4.78, 5) is 0.102. The Morgan fingerprint density at radius 3 is 2.44 bits per heavy atom. The molecule has 1 atom stereocenters. The van der Waals surface area contributed by atoms with Crippen molar-refractivity contribution in [1.82, 2.24) is 0 Å². The molecule has 0 N–H and O–H groups in total. The van der Waals surface area contributed by atoms with Crippen molar-refractivity contribution in [3.8, 4) is 0 Å². The van der Waals surface area contributed by atoms with Crippen LogP contribution in [0, 0.1) is 12.7 Å². The molecular formula is C15H13Br2F. The highest BCUT2D eigenvalue weighted by Crippen LogP contribution is 2.33. The van der Waals surface area contributed by atoms with Gasteiger partial charge in [0, 0.05) is 9.30 Å². The van der Waals surface area contributed by atoms with Crippen molar-refractivity contribution in [2.75, 3.05) is 0 Å². The topological polar surface area (TPSA) is 0 Å². The molecule has 0 radical (unpaired) electrons. The van der Waals surface area contributed by atoms with Crippen LogP contribution >= 0.6 is 31.9 Å². The molecule has 0 nitrogen and oxygen atoms in total. The highest BCUT2D eigenvalue weighted by Gasteiger charge is 2.12. The molecular weight excluding hydrogens is 359 g/mol. The van der Waals surface area contributed by atoms with Crippen molar-refractivity contribution >= 4 is 31.9 Å². The van der Waals surface area contributed by atoms with E-state index in [1.165, 1.54) is 17.2 Å². The number of hydrogen-bond donors (Lipinski definition) is 0. The van der Waals surface area contributed by atoms with Gasteiger partial charge in [-0.15, -0.1) is 0 Å². The minimum atomic E-state index is -0.207. The molecule has 0 saturated heterocycles. The van der Waals surface area contributed by atoms with Gasteiger partial charge in [0.15, 0.2) is 0 Å². The van der Waals surface area contributed by atoms with Gasteiger partial charge < -0.3 is 0 Å². The van der Waals surface area contributed by atoms with Crippen LogP contribution in [0.3, 0.4) is 0 Å². The van der Waals surface area contributed by atoms with Gasteiger partial charge in [0.25, 0.3) is 0 Å². The van der Waals surface area contributed by atoms with E-state index in [2.05, 4.69) is 63.0 Å². The lowest BCUT2D eigenvalue weighted by Gasteiger charge is -2.12. The molecule has 0 bridgehead atoms. The van der Waals surface area contributed by atoms with Gasteiger partial charge in [0.05, 0.1) is 0 Å². The summed E-state index contributed by atoms with van der Waals surface area (Å²) in [7, 11) is 0. The van der Waals surface area contributed by atoms with Gasteiger partial charge in [0.1, 0.15) is 5.82 Å². The predicted octanol–water partition coefficient (Wildman–Crippen LogP) is 5.58. The van der Waals surface area contributed by atoms with Crippen LogP contribution in [0.15, 0.2) is 46.9 Å². The fraction of sp³-hybridized carbons (Fsp3) is 0.200. The van der Waals surface area contributed by atoms with Gasteiger partial charge in [-0.3, -0.25) is 0 Å². The first-order valence-corrected chi connectivity index (χ1v) is 7.41. The monoisotopic (exact) mass is 370 g/mol. The van der Waals surface area contributed by atoms with E-state index >= 15 is 0 Å². The molecule has 0 aliphatic carbocycles. The van der Waals surface area contributed by atoms with Crippen LogP contribution in [0.5, 0.6) is 0 Å². The molecule has 0 heterocycles. The number of benzene rings is 2. The van der Waals surface area contributed by atoms with Crippen LogP contribution in [0.1, 0.15) is 21.5 Å². The molecule has 0 spiro atoms. The van der Waals surface area contributed by atoms with Crippen LogP contribution in [0.2, 0.25) is 0 Å². The zero-order valence-electron chi connectivity index (χ0n) is 9.96. The van der Waals surface area contributed by atoms with E-state index in [-0.39, 0.29) is 10.6 Å². The lowest BCUT2D eigenvalue weighted by Crippen LogP contribution is -1.97. The van der Waals surface area contributed by atoms with E-state index < -0.39 is 0 Å². The minimum Gasteiger partial charge on any atom is -0.207 e. The van der Waals surface area contributed by atoms with Crippen molar-refractivity contribution in [2.45, 2.75) is 18.2 Å². The largest absolute Gasteiger partial charge is 0.207 e. The fourth-order valence-electron chi connectivity index (χ4n) is 1.80. The third kappa shape index (κ3) is 3.42. The Bertz CT molecular complexity index is 535. The van der Waals surface area contributed by atoms with Crippen molar-refractivity contribution in [2.24, 2.45) is 0 Å². The zero-order chi connectivity index (χ0) is 13.1. The summed E-state index contributed by atoms with van der Waals surface area (Å²) in [6, 6.07) is 13.2. The Morgan fingerprint density at radius 2 is 1.78 bits per heavy atom. The van der Waals surface area contributed by atoms with Gasteiger partial charge in [0.2, 0.25) is 0 Å². The van der Waals surface area contributed by atoms with Crippen molar-refractivity contribution in [3.63, 3.8) is 0 Å². The lowest BCUT2D eigenvalue weighted by atomic mass is 10.0. The van der Waals surface area contributed by atoms with Gasteiger partial charge in [-0.25, -0.2) is 4.39 Å². The number of aryl methyl sites for hydroxylation is 1. The van der Waals surface area contributed by atoms with Crippen LogP contribution in [-0.2, 0) is 6.42 Å². The summed E-state index contributed by atoms with van der Waals surface area (Å²) in [5.41, 5.74) is 3.42. The molecule has 0 amide bonds. The number of alkyl halides is 1. The average Bonchev–Trinajstić information content (AvgIpc) is 2.35. The van der Waals surface area contributed by atoms with Gasteiger partial charge in [-0.05, 0) is 42.7 Å². The number of rotatable bonds is 3. The van der Waals surface area contributed by atoms with Crippen molar-refractivity contribution in [1.29, 1.82) is 0 Å². The third-order valence-electron chi connectivity index (χ3n) is 2.83. The van der Waals surface area contributed by atoms with E-state index in [0.29, 0.717) is 0 Å². The second-order valence-electron chi connectivity index (χ2n) is 4.32. The van der Waals surface area contributed by atoms with Gasteiger partial charge >= 0.3 is 0 Å². The summed E-state index contributed by atoms with van der Waals surface area (Å²) >= 11 is 7.09. The molecule has 2 aromatic rings. The maximum atomic E-state index is 13.3. The Labute approximate surface area is 123 Å². The molecule has 2 aromatic carbocycles. The molecule has 1 unspecified atom stereocenters. The molecule has 0 aliphatic heterocycles. The average molecular weight is 372 g/mol. The number of hydrogen-bond acceptors (Lipinski definition) is 0. The lowest BCUT2D eigenvalue weighted by molar-refractivity contribution is 0.624. The van der Waals surface area contributed by atoms with E-state index in [0.717, 1.165) is 16.5 Å². The first-order chi connectivity index (χ1) is 8.56. The molecule has 0 fully saturated rings. The molecule has 0 aromatic heterocycles. The molecule has 3 heteroatoms. The van der Waals surface area contributed by atoms with E-state index in [4.69, 9.17) is 0 Å². The van der Waals surface area contributed by atoms with Gasteiger partial charge in [-0.2, -0.15) is 0 Å². The molecule has 0 aliphatic rings. The quantitative estimate of drug-likeness (QED) is 0.618. The molecule has 0 saturated carbocycles. The van der Waals surface area contributed by atoms with Crippen LogP contribution in [0.25, 0.3) is 0 Å². The highest BCUT2D eigenvalue weighted by molar-refractivity contribution is 9.11. The summed E-state index contributed by atoms with van der Waals surface area (Å²) in [5.74, 6) is -0.207. The summed E-state index contributed by atoms with van der Waals surface area (Å²) in [6.07, 6.45) is 0.836. The normalized spacial score (nSPS) is 12.4. The van der Waals surface area contributed by atoms with E-state index in [9.17, 15) is 4.39 Å². The molecule has 2 rings (SSSR count). The molecule has 94 valence electrons. The smallest absolute Gasteiger partial charge is 0.123 e. The fourth-order valence-corrected chi connectivity index (χ4v) is 3.38. The zero-order valence-corrected chi connectivity index (χ0v) is 13.1. The van der Waals surface area contributed by atoms with Gasteiger partial charge in [-0.1, -0.05) is 61.7 Å². The van der Waals surface area contributed by atoms with Crippen molar-refractivity contribution in [3.05, 3.63) is 69.4 Å². The summed E-state index contributed by atoms with van der Waals surface area (Å²) in [5, 5.41) is 0. The number of halogens is 3. The second kappa shape index (κ2) is 5.98. The Hall–Kier alpha value is -0.670. The van der Waals surface area contributed by atoms with Crippen LogP contribution < -0.4 is 0 Å². The molecule has 18 heavy (non-hydrogen) atoms. The van der Waals surface area contributed by atoms with E-state index in [1.807, 2.05) is 0 Å². The van der Waals surface area contributed by atoms with E-state index in [1.54, 1.807) is 12.1 Å². The Balaban J connectivity index is 2.18. The van der Waals surface area contributed by atoms with Crippen LogP contribution in [0.4, 0.5) is 4.39 Å². The standard InChI is InChI=1S/C15H13Br2F/c1-10-2-4-11(5-3-10)8-15(17)13-9-12(18)6-7-14(13)16/h2-7,9,15H,8H2,1H3. The first-order valence-electron chi connectivity index (χ1n) is 5.71. The SMILES string of the molecule is Cc1ccc(CC(Br)c2cc(F)ccc2Br)cc1. The minimum absolute atomic E-state index is 0.102.